The third-order valence-electron chi connectivity index (χ3n) is 3.51. The number of carbonyl (C=O) groups is 2. The molecule has 1 aromatic heterocycles. The van der Waals surface area contributed by atoms with E-state index in [0.29, 0.717) is 0 Å². The lowest BCUT2D eigenvalue weighted by molar-refractivity contribution is -0.148. The molecule has 1 saturated carbocycles. The van der Waals surface area contributed by atoms with E-state index in [0.717, 1.165) is 31.4 Å². The highest BCUT2D eigenvalue weighted by atomic mass is 16.5. The summed E-state index contributed by atoms with van der Waals surface area (Å²) in [6.07, 6.45) is 6.01. The highest BCUT2D eigenvalue weighted by Crippen LogP contribution is 2.24. The second-order valence-corrected chi connectivity index (χ2v) is 4.79. The van der Waals surface area contributed by atoms with E-state index < -0.39 is 0 Å². The van der Waals surface area contributed by atoms with Crippen LogP contribution in [0.3, 0.4) is 0 Å². The van der Waals surface area contributed by atoms with Crippen LogP contribution in [0.15, 0.2) is 12.3 Å². The number of amides is 1. The van der Waals surface area contributed by atoms with Gasteiger partial charge in [-0.2, -0.15) is 5.10 Å². The van der Waals surface area contributed by atoms with Crippen LogP contribution in [0, 0.1) is 0 Å². The molecular weight excluding hydrogens is 246 g/mol. The van der Waals surface area contributed by atoms with Gasteiger partial charge in [-0.3, -0.25) is 14.7 Å². The summed E-state index contributed by atoms with van der Waals surface area (Å²) in [5.74, 6) is -0.425. The van der Waals surface area contributed by atoms with Crippen molar-refractivity contribution in [2.75, 3.05) is 13.7 Å². The molecule has 1 amide bonds. The van der Waals surface area contributed by atoms with E-state index in [1.54, 1.807) is 17.2 Å². The first-order valence-corrected chi connectivity index (χ1v) is 6.55. The molecule has 19 heavy (non-hydrogen) atoms. The summed E-state index contributed by atoms with van der Waals surface area (Å²) >= 11 is 0. The van der Waals surface area contributed by atoms with Gasteiger partial charge in [-0.25, -0.2) is 0 Å². The zero-order chi connectivity index (χ0) is 13.7. The average Bonchev–Trinajstić information content (AvgIpc) is 3.08. The van der Waals surface area contributed by atoms with E-state index in [-0.39, 0.29) is 30.9 Å². The fourth-order valence-corrected chi connectivity index (χ4v) is 2.49. The van der Waals surface area contributed by atoms with E-state index in [2.05, 4.69) is 14.9 Å². The molecule has 1 N–H and O–H groups in total. The number of nitrogens with one attached hydrogen (secondary N) is 1. The number of ether oxygens (including phenoxy) is 1. The maximum Gasteiger partial charge on any atom is 0.325 e. The van der Waals surface area contributed by atoms with Gasteiger partial charge >= 0.3 is 5.97 Å². The standard InChI is InChI=1S/C13H19N3O3/c1-19-13(18)9-16(11-4-2-3-5-11)12(17)8-10-6-7-14-15-10/h6-7,11H,2-5,8-9H2,1H3,(H,14,15). The van der Waals surface area contributed by atoms with Crippen LogP contribution in [0.25, 0.3) is 0 Å². The molecule has 104 valence electrons. The van der Waals surface area contributed by atoms with E-state index >= 15 is 0 Å². The fourth-order valence-electron chi connectivity index (χ4n) is 2.49. The number of esters is 1. The minimum absolute atomic E-state index is 0.0359. The Balaban J connectivity index is 2.02. The second-order valence-electron chi connectivity index (χ2n) is 4.79. The summed E-state index contributed by atoms with van der Waals surface area (Å²) in [5.41, 5.74) is 0.762. The predicted octanol–water partition coefficient (Wildman–Crippen LogP) is 0.896. The zero-order valence-electron chi connectivity index (χ0n) is 11.1. The summed E-state index contributed by atoms with van der Waals surface area (Å²) in [7, 11) is 1.34. The Morgan fingerprint density at radius 1 is 1.47 bits per heavy atom. The lowest BCUT2D eigenvalue weighted by atomic mass is 10.1. The number of carbonyl (C=O) groups excluding carboxylic acids is 2. The molecule has 1 aliphatic rings. The van der Waals surface area contributed by atoms with Gasteiger partial charge in [0.15, 0.2) is 0 Å². The largest absolute Gasteiger partial charge is 0.468 e. The molecule has 0 atom stereocenters. The molecular formula is C13H19N3O3. The van der Waals surface area contributed by atoms with Gasteiger partial charge in [0, 0.05) is 17.9 Å². The molecule has 1 heterocycles. The topological polar surface area (TPSA) is 75.3 Å². The highest BCUT2D eigenvalue weighted by molar-refractivity contribution is 5.83. The minimum atomic E-state index is -0.370. The van der Waals surface area contributed by atoms with E-state index in [1.807, 2.05) is 0 Å². The number of methoxy groups -OCH3 is 1. The number of hydrogen-bond donors (Lipinski definition) is 1. The molecule has 0 aromatic carbocycles. The van der Waals surface area contributed by atoms with Crippen molar-refractivity contribution < 1.29 is 14.3 Å². The first kappa shape index (κ1) is 13.6. The maximum absolute atomic E-state index is 12.3. The van der Waals surface area contributed by atoms with Crippen LogP contribution in [-0.4, -0.2) is 46.7 Å². The quantitative estimate of drug-likeness (QED) is 0.802. The first-order valence-electron chi connectivity index (χ1n) is 6.55. The van der Waals surface area contributed by atoms with Crippen molar-refractivity contribution in [2.45, 2.75) is 38.1 Å². The highest BCUT2D eigenvalue weighted by Gasteiger charge is 2.28. The number of aromatic nitrogens is 2. The van der Waals surface area contributed by atoms with Gasteiger partial charge in [-0.05, 0) is 18.9 Å². The number of nitrogens with zero attached hydrogens (tertiary/aromatic N) is 2. The number of hydrogen-bond acceptors (Lipinski definition) is 4. The van der Waals surface area contributed by atoms with Crippen molar-refractivity contribution in [2.24, 2.45) is 0 Å². The molecule has 6 heteroatoms. The van der Waals surface area contributed by atoms with Crippen molar-refractivity contribution >= 4 is 11.9 Å². The van der Waals surface area contributed by atoms with Crippen LogP contribution >= 0.6 is 0 Å². The Bertz CT molecular complexity index is 424. The van der Waals surface area contributed by atoms with Crippen molar-refractivity contribution in [1.29, 1.82) is 0 Å². The first-order chi connectivity index (χ1) is 9.20. The number of rotatable bonds is 5. The summed E-state index contributed by atoms with van der Waals surface area (Å²) in [6.45, 7) is 0.0359. The Hall–Kier alpha value is -1.85. The van der Waals surface area contributed by atoms with E-state index in [9.17, 15) is 9.59 Å². The molecule has 0 bridgehead atoms. The molecule has 1 aliphatic carbocycles. The molecule has 0 spiro atoms. The van der Waals surface area contributed by atoms with Crippen molar-refractivity contribution in [1.82, 2.24) is 15.1 Å². The number of aromatic amines is 1. The summed E-state index contributed by atoms with van der Waals surface area (Å²) < 4.78 is 4.67. The average molecular weight is 265 g/mol. The molecule has 0 aliphatic heterocycles. The SMILES string of the molecule is COC(=O)CN(C(=O)Cc1ccn[nH]1)C1CCCC1. The minimum Gasteiger partial charge on any atom is -0.468 e. The number of H-pyrrole nitrogens is 1. The van der Waals surface area contributed by atoms with Gasteiger partial charge < -0.3 is 9.64 Å². The van der Waals surface area contributed by atoms with E-state index in [4.69, 9.17) is 0 Å². The molecule has 0 saturated heterocycles. The predicted molar refractivity (Wildman–Crippen MR) is 68.3 cm³/mol. The summed E-state index contributed by atoms with van der Waals surface area (Å²) in [6, 6.07) is 1.93. The molecule has 1 fully saturated rings. The summed E-state index contributed by atoms with van der Waals surface area (Å²) in [4.78, 5) is 25.4. The smallest absolute Gasteiger partial charge is 0.325 e. The zero-order valence-corrected chi connectivity index (χ0v) is 11.1. The van der Waals surface area contributed by atoms with Crippen LogP contribution < -0.4 is 0 Å². The van der Waals surface area contributed by atoms with Crippen LogP contribution in [0.2, 0.25) is 0 Å². The van der Waals surface area contributed by atoms with Crippen molar-refractivity contribution in [3.05, 3.63) is 18.0 Å². The lowest BCUT2D eigenvalue weighted by Gasteiger charge is -2.27. The molecule has 2 rings (SSSR count). The third kappa shape index (κ3) is 3.56. The lowest BCUT2D eigenvalue weighted by Crippen LogP contribution is -2.43. The van der Waals surface area contributed by atoms with Gasteiger partial charge in [-0.1, -0.05) is 12.8 Å². The second kappa shape index (κ2) is 6.36. The Kier molecular flexibility index (Phi) is 4.54. The molecule has 1 aromatic rings. The Morgan fingerprint density at radius 3 is 2.79 bits per heavy atom. The fraction of sp³-hybridized carbons (Fsp3) is 0.615. The van der Waals surface area contributed by atoms with E-state index in [1.165, 1.54) is 7.11 Å². The molecule has 0 radical (unpaired) electrons. The summed E-state index contributed by atoms with van der Waals surface area (Å²) in [5, 5.41) is 6.59. The van der Waals surface area contributed by atoms with Gasteiger partial charge in [0.2, 0.25) is 5.91 Å². The third-order valence-corrected chi connectivity index (χ3v) is 3.51. The molecule has 0 unspecified atom stereocenters. The van der Waals surface area contributed by atoms with Crippen LogP contribution in [0.4, 0.5) is 0 Å². The monoisotopic (exact) mass is 265 g/mol. The van der Waals surface area contributed by atoms with Gasteiger partial charge in [0.1, 0.15) is 6.54 Å². The van der Waals surface area contributed by atoms with Gasteiger partial charge in [-0.15, -0.1) is 0 Å². The normalized spacial score (nSPS) is 15.4. The maximum atomic E-state index is 12.3. The van der Waals surface area contributed by atoms with Crippen molar-refractivity contribution in [3.63, 3.8) is 0 Å². The molecule has 6 nitrogen and oxygen atoms in total. The van der Waals surface area contributed by atoms with Crippen molar-refractivity contribution in [3.8, 4) is 0 Å². The van der Waals surface area contributed by atoms with Gasteiger partial charge in [0.25, 0.3) is 0 Å². The van der Waals surface area contributed by atoms with Crippen LogP contribution in [-0.2, 0) is 20.7 Å². The Morgan fingerprint density at radius 2 is 2.21 bits per heavy atom. The van der Waals surface area contributed by atoms with Gasteiger partial charge in [0.05, 0.1) is 13.5 Å². The van der Waals surface area contributed by atoms with Crippen LogP contribution in [0.5, 0.6) is 0 Å². The van der Waals surface area contributed by atoms with Crippen LogP contribution in [0.1, 0.15) is 31.4 Å². The Labute approximate surface area is 112 Å².